The number of rotatable bonds is 6. The van der Waals surface area contributed by atoms with Crippen LogP contribution in [0, 0.1) is 23.7 Å². The fraction of sp³-hybridized carbons (Fsp3) is 0.893. The second-order valence-electron chi connectivity index (χ2n) is 12.5. The van der Waals surface area contributed by atoms with E-state index in [-0.39, 0.29) is 24.5 Å². The van der Waals surface area contributed by atoms with E-state index in [0.29, 0.717) is 12.8 Å². The van der Waals surface area contributed by atoms with E-state index in [0.717, 1.165) is 18.6 Å². The summed E-state index contributed by atoms with van der Waals surface area (Å²) in [6.45, 7) is 15.0. The molecule has 2 heterocycles. The summed E-state index contributed by atoms with van der Waals surface area (Å²) >= 11 is 0. The minimum absolute atomic E-state index is 0.0230. The maximum Gasteiger partial charge on any atom is 0.407 e. The van der Waals surface area contributed by atoms with Crippen molar-refractivity contribution in [2.24, 2.45) is 23.7 Å². The Kier molecular flexibility index (Phi) is 9.60. The van der Waals surface area contributed by atoms with E-state index in [4.69, 9.17) is 18.9 Å². The average molecular weight is 528 g/mol. The van der Waals surface area contributed by atoms with Gasteiger partial charge in [-0.05, 0) is 58.4 Å². The standard InChI is InChI=1S/C28H49NO8/c1-9-17-13-19(29-26(32)37-27(5,6)7)20(23-15(3)11-12-18(10-2)35-23)22(31)24(17)36-25-21(30)16(4)28(8,33)14-34-25/h12,15-17,19-25,30-31,33H,9-11,13-14H2,1-8H3,(H,29,32). The molecule has 9 nitrogen and oxygen atoms in total. The number of carbonyl (C=O) groups excluding carboxylic acids is 1. The van der Waals surface area contributed by atoms with Gasteiger partial charge in [-0.15, -0.1) is 0 Å². The molecule has 0 aromatic carbocycles. The lowest BCUT2D eigenvalue weighted by Gasteiger charge is -2.51. The summed E-state index contributed by atoms with van der Waals surface area (Å²) in [5, 5.41) is 36.3. The molecule has 3 rings (SSSR count). The third kappa shape index (κ3) is 6.98. The highest BCUT2D eigenvalue weighted by Crippen LogP contribution is 2.42. The number of nitrogens with one attached hydrogen (secondary N) is 1. The van der Waals surface area contributed by atoms with Gasteiger partial charge in [-0.2, -0.15) is 0 Å². The average Bonchev–Trinajstić information content (AvgIpc) is 2.80. The van der Waals surface area contributed by atoms with Gasteiger partial charge in [0, 0.05) is 24.3 Å². The van der Waals surface area contributed by atoms with Crippen molar-refractivity contribution in [2.45, 2.75) is 129 Å². The Morgan fingerprint density at radius 1 is 1.22 bits per heavy atom. The Labute approximate surface area is 221 Å². The van der Waals surface area contributed by atoms with Crippen LogP contribution in [0.2, 0.25) is 0 Å². The largest absolute Gasteiger partial charge is 0.494 e. The summed E-state index contributed by atoms with van der Waals surface area (Å²) in [5.41, 5.74) is -1.82. The zero-order chi connectivity index (χ0) is 27.7. The van der Waals surface area contributed by atoms with Crippen LogP contribution >= 0.6 is 0 Å². The van der Waals surface area contributed by atoms with E-state index in [1.165, 1.54) is 0 Å². The Bertz CT molecular complexity index is 808. The minimum Gasteiger partial charge on any atom is -0.494 e. The van der Waals surface area contributed by atoms with Crippen LogP contribution in [0.4, 0.5) is 4.79 Å². The molecule has 0 bridgehead atoms. The van der Waals surface area contributed by atoms with E-state index in [1.54, 1.807) is 13.8 Å². The topological polar surface area (TPSA) is 127 Å². The van der Waals surface area contributed by atoms with Crippen LogP contribution in [-0.4, -0.2) is 76.0 Å². The van der Waals surface area contributed by atoms with Crippen LogP contribution in [0.25, 0.3) is 0 Å². The summed E-state index contributed by atoms with van der Waals surface area (Å²) in [7, 11) is 0. The van der Waals surface area contributed by atoms with Crippen molar-refractivity contribution in [2.75, 3.05) is 6.61 Å². The fourth-order valence-electron chi connectivity index (χ4n) is 5.82. The van der Waals surface area contributed by atoms with E-state index >= 15 is 0 Å². The number of carbonyl (C=O) groups is 1. The predicted octanol–water partition coefficient (Wildman–Crippen LogP) is 3.50. The van der Waals surface area contributed by atoms with Gasteiger partial charge in [-0.25, -0.2) is 4.79 Å². The van der Waals surface area contributed by atoms with Gasteiger partial charge in [0.1, 0.15) is 17.8 Å². The number of aliphatic hydroxyl groups excluding tert-OH is 2. The van der Waals surface area contributed by atoms with Gasteiger partial charge in [-0.3, -0.25) is 0 Å². The molecule has 11 unspecified atom stereocenters. The van der Waals surface area contributed by atoms with Crippen molar-refractivity contribution in [3.8, 4) is 0 Å². The lowest BCUT2D eigenvalue weighted by atomic mass is 9.68. The molecule has 0 spiro atoms. The molecule has 0 aromatic heterocycles. The van der Waals surface area contributed by atoms with Crippen molar-refractivity contribution in [1.29, 1.82) is 0 Å². The number of allylic oxidation sites excluding steroid dienone is 2. The van der Waals surface area contributed by atoms with E-state index in [9.17, 15) is 20.1 Å². The second kappa shape index (κ2) is 11.8. The van der Waals surface area contributed by atoms with Crippen molar-refractivity contribution >= 4 is 6.09 Å². The SMILES string of the molecule is CCC1=CCC(C)C(C2C(NC(=O)OC(C)(C)C)CC(CC)C(OC3OCC(C)(O)C(C)C3O)C2O)O1. The van der Waals surface area contributed by atoms with Crippen molar-refractivity contribution < 1.29 is 39.1 Å². The molecule has 214 valence electrons. The van der Waals surface area contributed by atoms with Gasteiger partial charge in [0.2, 0.25) is 0 Å². The van der Waals surface area contributed by atoms with Crippen LogP contribution in [0.15, 0.2) is 11.8 Å². The van der Waals surface area contributed by atoms with Gasteiger partial charge >= 0.3 is 6.09 Å². The summed E-state index contributed by atoms with van der Waals surface area (Å²) in [6.07, 6.45) is 0.368. The van der Waals surface area contributed by atoms with Crippen LogP contribution in [-0.2, 0) is 18.9 Å². The molecule has 1 saturated carbocycles. The van der Waals surface area contributed by atoms with Gasteiger partial charge in [0.15, 0.2) is 6.29 Å². The zero-order valence-electron chi connectivity index (χ0n) is 23.8. The molecule has 2 aliphatic heterocycles. The highest BCUT2D eigenvalue weighted by Gasteiger charge is 2.53. The summed E-state index contributed by atoms with van der Waals surface area (Å²) in [6, 6.07) is -0.393. The molecule has 2 fully saturated rings. The molecule has 1 aliphatic carbocycles. The zero-order valence-corrected chi connectivity index (χ0v) is 23.8. The minimum atomic E-state index is -1.17. The van der Waals surface area contributed by atoms with Crippen LogP contribution in [0.5, 0.6) is 0 Å². The predicted molar refractivity (Wildman–Crippen MR) is 138 cm³/mol. The first-order valence-electron chi connectivity index (χ1n) is 13.9. The molecule has 0 aromatic rings. The van der Waals surface area contributed by atoms with Crippen molar-refractivity contribution in [3.05, 3.63) is 11.8 Å². The third-order valence-corrected chi connectivity index (χ3v) is 8.34. The monoisotopic (exact) mass is 527 g/mol. The van der Waals surface area contributed by atoms with Crippen molar-refractivity contribution in [3.63, 3.8) is 0 Å². The number of ether oxygens (including phenoxy) is 4. The number of hydrogen-bond acceptors (Lipinski definition) is 8. The van der Waals surface area contributed by atoms with Crippen LogP contribution in [0.1, 0.15) is 81.1 Å². The molecular weight excluding hydrogens is 478 g/mol. The molecule has 4 N–H and O–H groups in total. The van der Waals surface area contributed by atoms with E-state index in [2.05, 4.69) is 18.3 Å². The first kappa shape index (κ1) is 30.2. The van der Waals surface area contributed by atoms with Gasteiger partial charge in [0.05, 0.1) is 30.2 Å². The first-order valence-corrected chi connectivity index (χ1v) is 13.9. The van der Waals surface area contributed by atoms with E-state index < -0.39 is 59.8 Å². The molecule has 0 radical (unpaired) electrons. The summed E-state index contributed by atoms with van der Waals surface area (Å²) < 4.78 is 24.0. The number of alkyl carbamates (subject to hydrolysis) is 1. The highest BCUT2D eigenvalue weighted by molar-refractivity contribution is 5.68. The molecule has 1 amide bonds. The lowest BCUT2D eigenvalue weighted by molar-refractivity contribution is -0.310. The quantitative estimate of drug-likeness (QED) is 0.414. The Morgan fingerprint density at radius 3 is 2.49 bits per heavy atom. The van der Waals surface area contributed by atoms with Gasteiger partial charge in [0.25, 0.3) is 0 Å². The summed E-state index contributed by atoms with van der Waals surface area (Å²) in [5.74, 6) is -0.0538. The smallest absolute Gasteiger partial charge is 0.407 e. The van der Waals surface area contributed by atoms with Crippen LogP contribution in [0.3, 0.4) is 0 Å². The fourth-order valence-corrected chi connectivity index (χ4v) is 5.82. The maximum atomic E-state index is 12.8. The third-order valence-electron chi connectivity index (χ3n) is 8.34. The molecule has 3 aliphatic rings. The maximum absolute atomic E-state index is 12.8. The Hall–Kier alpha value is -1.39. The Morgan fingerprint density at radius 2 is 1.89 bits per heavy atom. The molecule has 1 saturated heterocycles. The molecular formula is C28H49NO8. The first-order chi connectivity index (χ1) is 17.2. The Balaban J connectivity index is 1.89. The number of aliphatic hydroxyl groups is 3. The number of hydrogen-bond donors (Lipinski definition) is 4. The summed E-state index contributed by atoms with van der Waals surface area (Å²) in [4.78, 5) is 12.8. The highest BCUT2D eigenvalue weighted by atomic mass is 16.7. The normalized spacial score (nSPS) is 42.9. The molecule has 37 heavy (non-hydrogen) atoms. The van der Waals surface area contributed by atoms with Gasteiger partial charge < -0.3 is 39.6 Å². The van der Waals surface area contributed by atoms with E-state index in [1.807, 2.05) is 34.6 Å². The van der Waals surface area contributed by atoms with Gasteiger partial charge in [-0.1, -0.05) is 34.1 Å². The lowest BCUT2D eigenvalue weighted by Crippen LogP contribution is -2.63. The number of amides is 1. The molecule has 11 atom stereocenters. The molecule has 9 heteroatoms. The van der Waals surface area contributed by atoms with Crippen LogP contribution < -0.4 is 5.32 Å². The second-order valence-corrected chi connectivity index (χ2v) is 12.5. The van der Waals surface area contributed by atoms with Crippen molar-refractivity contribution in [1.82, 2.24) is 5.32 Å².